The molecule has 0 aromatic heterocycles. The van der Waals surface area contributed by atoms with E-state index in [1.807, 2.05) is 6.92 Å². The molecule has 1 unspecified atom stereocenters. The van der Waals surface area contributed by atoms with E-state index in [0.29, 0.717) is 5.57 Å². The van der Waals surface area contributed by atoms with E-state index in [1.54, 1.807) is 6.21 Å². The van der Waals surface area contributed by atoms with Crippen molar-refractivity contribution in [3.63, 3.8) is 0 Å². The van der Waals surface area contributed by atoms with Gasteiger partial charge >= 0.3 is 5.97 Å². The minimum atomic E-state index is -0.857. The van der Waals surface area contributed by atoms with Crippen LogP contribution >= 0.6 is 0 Å². The van der Waals surface area contributed by atoms with E-state index in [0.717, 1.165) is 6.42 Å². The zero-order valence-corrected chi connectivity index (χ0v) is 5.74. The van der Waals surface area contributed by atoms with Crippen LogP contribution in [0.25, 0.3) is 0 Å². The van der Waals surface area contributed by atoms with Crippen LogP contribution < -0.4 is 0 Å². The van der Waals surface area contributed by atoms with E-state index in [4.69, 9.17) is 5.11 Å². The number of carboxylic acid groups (broad SMARTS) is 1. The Kier molecular flexibility index (Phi) is 1.85. The minimum absolute atomic E-state index is 0.106. The number of hydrogen-bond donors (Lipinski definition) is 1. The van der Waals surface area contributed by atoms with Gasteiger partial charge in [0.05, 0.1) is 5.57 Å². The van der Waals surface area contributed by atoms with Gasteiger partial charge < -0.3 is 5.11 Å². The average molecular weight is 139 g/mol. The van der Waals surface area contributed by atoms with E-state index in [2.05, 4.69) is 4.99 Å². The summed E-state index contributed by atoms with van der Waals surface area (Å²) in [4.78, 5) is 14.2. The molecule has 0 fully saturated rings. The Morgan fingerprint density at radius 1 is 1.90 bits per heavy atom. The number of nitrogens with zero attached hydrogens (tertiary/aromatic N) is 1. The van der Waals surface area contributed by atoms with Crippen molar-refractivity contribution < 1.29 is 9.90 Å². The highest BCUT2D eigenvalue weighted by Crippen LogP contribution is 2.16. The molecule has 1 N–H and O–H groups in total. The number of rotatable bonds is 1. The molecule has 0 radical (unpaired) electrons. The maximum absolute atomic E-state index is 10.4. The molecule has 0 spiro atoms. The Labute approximate surface area is 59.1 Å². The number of carboxylic acids is 1. The van der Waals surface area contributed by atoms with Gasteiger partial charge in [-0.15, -0.1) is 0 Å². The van der Waals surface area contributed by atoms with Gasteiger partial charge in [0.1, 0.15) is 0 Å². The van der Waals surface area contributed by atoms with Crippen LogP contribution in [0.15, 0.2) is 16.8 Å². The summed E-state index contributed by atoms with van der Waals surface area (Å²) in [7, 11) is 0. The number of aliphatic imine (C=N–C) groups is 1. The van der Waals surface area contributed by atoms with E-state index >= 15 is 0 Å². The highest BCUT2D eigenvalue weighted by molar-refractivity contribution is 5.88. The van der Waals surface area contributed by atoms with Crippen molar-refractivity contribution in [1.82, 2.24) is 0 Å². The Hall–Kier alpha value is -1.12. The summed E-state index contributed by atoms with van der Waals surface area (Å²) < 4.78 is 0. The zero-order valence-electron chi connectivity index (χ0n) is 5.74. The molecule has 1 aliphatic heterocycles. The first-order valence-corrected chi connectivity index (χ1v) is 3.17. The molecule has 1 atom stereocenters. The Balaban J connectivity index is 2.80. The van der Waals surface area contributed by atoms with Gasteiger partial charge in [-0.3, -0.25) is 4.99 Å². The summed E-state index contributed by atoms with van der Waals surface area (Å²) in [6.45, 7) is 1.88. The van der Waals surface area contributed by atoms with E-state index in [1.165, 1.54) is 6.20 Å². The topological polar surface area (TPSA) is 49.7 Å². The lowest BCUT2D eigenvalue weighted by Gasteiger charge is -2.10. The summed E-state index contributed by atoms with van der Waals surface area (Å²) in [6, 6.07) is 0. The summed E-state index contributed by atoms with van der Waals surface area (Å²) >= 11 is 0. The second-order valence-electron chi connectivity index (χ2n) is 2.36. The van der Waals surface area contributed by atoms with Crippen LogP contribution in [-0.4, -0.2) is 17.3 Å². The quantitative estimate of drug-likeness (QED) is 0.590. The average Bonchev–Trinajstić information content (AvgIpc) is 1.88. The molecular weight excluding hydrogens is 130 g/mol. The standard InChI is InChI=1S/C7H9NO2/c1-5-2-3-8-4-6(5)7(9)10/h3-5H,2H2,1H3,(H,9,10). The van der Waals surface area contributed by atoms with Crippen molar-refractivity contribution in [3.05, 3.63) is 11.8 Å². The van der Waals surface area contributed by atoms with Gasteiger partial charge in [0.25, 0.3) is 0 Å². The van der Waals surface area contributed by atoms with Gasteiger partial charge in [-0.25, -0.2) is 4.79 Å². The zero-order chi connectivity index (χ0) is 7.56. The highest BCUT2D eigenvalue weighted by atomic mass is 16.4. The van der Waals surface area contributed by atoms with Crippen LogP contribution in [-0.2, 0) is 4.79 Å². The largest absolute Gasteiger partial charge is 0.478 e. The van der Waals surface area contributed by atoms with Crippen molar-refractivity contribution in [2.75, 3.05) is 0 Å². The van der Waals surface area contributed by atoms with Crippen LogP contribution in [0.5, 0.6) is 0 Å². The lowest BCUT2D eigenvalue weighted by atomic mass is 9.98. The van der Waals surface area contributed by atoms with E-state index < -0.39 is 5.97 Å². The molecule has 0 bridgehead atoms. The second-order valence-corrected chi connectivity index (χ2v) is 2.36. The predicted octanol–water partition coefficient (Wildman–Crippen LogP) is 1.07. The smallest absolute Gasteiger partial charge is 0.333 e. The molecule has 3 heteroatoms. The van der Waals surface area contributed by atoms with Gasteiger partial charge in [-0.05, 0) is 12.3 Å². The molecule has 1 rings (SSSR count). The Morgan fingerprint density at radius 3 is 3.00 bits per heavy atom. The van der Waals surface area contributed by atoms with Crippen molar-refractivity contribution in [2.45, 2.75) is 13.3 Å². The molecule has 0 aromatic carbocycles. The third kappa shape index (κ3) is 1.23. The summed E-state index contributed by atoms with van der Waals surface area (Å²) in [6.07, 6.45) is 3.88. The third-order valence-electron chi connectivity index (χ3n) is 1.56. The first kappa shape index (κ1) is 6.99. The molecule has 0 saturated carbocycles. The fourth-order valence-electron chi connectivity index (χ4n) is 0.872. The van der Waals surface area contributed by atoms with Crippen LogP contribution in [0, 0.1) is 5.92 Å². The lowest BCUT2D eigenvalue weighted by Crippen LogP contribution is -2.12. The first-order valence-electron chi connectivity index (χ1n) is 3.17. The minimum Gasteiger partial charge on any atom is -0.478 e. The molecule has 3 nitrogen and oxygen atoms in total. The molecule has 0 amide bonds. The lowest BCUT2D eigenvalue weighted by molar-refractivity contribution is -0.133. The normalized spacial score (nSPS) is 24.1. The summed E-state index contributed by atoms with van der Waals surface area (Å²) in [5.41, 5.74) is 0.405. The SMILES string of the molecule is CC1CC=NC=C1C(=O)O. The second kappa shape index (κ2) is 2.64. The monoisotopic (exact) mass is 139 g/mol. The third-order valence-corrected chi connectivity index (χ3v) is 1.56. The Bertz CT molecular complexity index is 206. The van der Waals surface area contributed by atoms with Gasteiger partial charge in [0.15, 0.2) is 0 Å². The molecule has 1 aliphatic rings. The Morgan fingerprint density at radius 2 is 2.60 bits per heavy atom. The molecule has 10 heavy (non-hydrogen) atoms. The summed E-state index contributed by atoms with van der Waals surface area (Å²) in [5.74, 6) is -0.751. The number of hydrogen-bond acceptors (Lipinski definition) is 2. The molecule has 1 heterocycles. The molecule has 0 aliphatic carbocycles. The van der Waals surface area contributed by atoms with Crippen LogP contribution in [0.3, 0.4) is 0 Å². The fourth-order valence-corrected chi connectivity index (χ4v) is 0.872. The van der Waals surface area contributed by atoms with Crippen molar-refractivity contribution >= 4 is 12.2 Å². The maximum Gasteiger partial charge on any atom is 0.333 e. The van der Waals surface area contributed by atoms with Crippen molar-refractivity contribution in [1.29, 1.82) is 0 Å². The van der Waals surface area contributed by atoms with Gasteiger partial charge in [-0.1, -0.05) is 6.92 Å². The first-order chi connectivity index (χ1) is 4.72. The highest BCUT2D eigenvalue weighted by Gasteiger charge is 2.16. The van der Waals surface area contributed by atoms with Gasteiger partial charge in [0.2, 0.25) is 0 Å². The van der Waals surface area contributed by atoms with Crippen molar-refractivity contribution in [3.8, 4) is 0 Å². The van der Waals surface area contributed by atoms with E-state index in [9.17, 15) is 4.79 Å². The molecule has 0 saturated heterocycles. The van der Waals surface area contributed by atoms with Crippen LogP contribution in [0.4, 0.5) is 0 Å². The van der Waals surface area contributed by atoms with Crippen LogP contribution in [0.1, 0.15) is 13.3 Å². The van der Waals surface area contributed by atoms with Crippen molar-refractivity contribution in [2.24, 2.45) is 10.9 Å². The number of carbonyl (C=O) groups is 1. The fraction of sp³-hybridized carbons (Fsp3) is 0.429. The maximum atomic E-state index is 10.4. The summed E-state index contributed by atoms with van der Waals surface area (Å²) in [5, 5.41) is 8.57. The molecule has 0 aromatic rings. The van der Waals surface area contributed by atoms with E-state index in [-0.39, 0.29) is 5.92 Å². The van der Waals surface area contributed by atoms with Gasteiger partial charge in [0, 0.05) is 12.4 Å². The van der Waals surface area contributed by atoms with Gasteiger partial charge in [-0.2, -0.15) is 0 Å². The molecular formula is C7H9NO2. The van der Waals surface area contributed by atoms with Crippen LogP contribution in [0.2, 0.25) is 0 Å². The molecule has 54 valence electrons. The predicted molar refractivity (Wildman–Crippen MR) is 38.0 cm³/mol. The number of aliphatic carboxylic acids is 1.